The predicted molar refractivity (Wildman–Crippen MR) is 99.3 cm³/mol. The van der Waals surface area contributed by atoms with Gasteiger partial charge < -0.3 is 0 Å². The van der Waals surface area contributed by atoms with Crippen molar-refractivity contribution in [3.05, 3.63) is 75.7 Å². The molecular formula is C19H20ClNO2S. The molecule has 0 radical (unpaired) electrons. The summed E-state index contributed by atoms with van der Waals surface area (Å²) in [7, 11) is -1.83. The zero-order chi connectivity index (χ0) is 17.2. The minimum Gasteiger partial charge on any atom is -0.207 e. The second-order valence-corrected chi connectivity index (χ2v) is 8.34. The van der Waals surface area contributed by atoms with E-state index < -0.39 is 10.0 Å². The lowest BCUT2D eigenvalue weighted by Crippen LogP contribution is -2.32. The van der Waals surface area contributed by atoms with Crippen LogP contribution in [0.5, 0.6) is 0 Å². The Kier molecular flexibility index (Phi) is 5.09. The van der Waals surface area contributed by atoms with Crippen LogP contribution in [-0.4, -0.2) is 19.8 Å². The van der Waals surface area contributed by atoms with E-state index in [1.807, 2.05) is 18.2 Å². The molecule has 0 amide bonds. The molecule has 0 fully saturated rings. The molecule has 1 atom stereocenters. The van der Waals surface area contributed by atoms with E-state index in [0.29, 0.717) is 5.02 Å². The molecule has 5 heteroatoms. The lowest BCUT2D eigenvalue weighted by molar-refractivity contribution is 0.341. The maximum absolute atomic E-state index is 12.7. The number of hydrogen-bond acceptors (Lipinski definition) is 2. The first-order valence-electron chi connectivity index (χ1n) is 7.97. The van der Waals surface area contributed by atoms with Crippen LogP contribution in [0.15, 0.2) is 53.9 Å². The summed E-state index contributed by atoms with van der Waals surface area (Å²) in [5.74, 6) is 0. The van der Waals surface area contributed by atoms with E-state index in [9.17, 15) is 8.42 Å². The SMILES string of the molecule is CN(C1CCCc2ccccc21)S(=O)(=O)/C=C/c1ccc(Cl)cc1. The molecule has 2 aromatic rings. The van der Waals surface area contributed by atoms with Crippen molar-refractivity contribution in [3.8, 4) is 0 Å². The van der Waals surface area contributed by atoms with Crippen molar-refractivity contribution in [1.82, 2.24) is 4.31 Å². The van der Waals surface area contributed by atoms with E-state index >= 15 is 0 Å². The van der Waals surface area contributed by atoms with Gasteiger partial charge in [0.25, 0.3) is 0 Å². The summed E-state index contributed by atoms with van der Waals surface area (Å²) in [4.78, 5) is 0. The molecule has 0 N–H and O–H groups in total. The van der Waals surface area contributed by atoms with E-state index in [0.717, 1.165) is 30.4 Å². The second kappa shape index (κ2) is 7.09. The maximum Gasteiger partial charge on any atom is 0.236 e. The lowest BCUT2D eigenvalue weighted by Gasteiger charge is -2.31. The van der Waals surface area contributed by atoms with Gasteiger partial charge in [-0.25, -0.2) is 8.42 Å². The van der Waals surface area contributed by atoms with Crippen molar-refractivity contribution in [1.29, 1.82) is 0 Å². The molecule has 0 aliphatic heterocycles. The average molecular weight is 362 g/mol. The Morgan fingerprint density at radius 2 is 1.83 bits per heavy atom. The van der Waals surface area contributed by atoms with Crippen molar-refractivity contribution in [2.75, 3.05) is 7.05 Å². The minimum absolute atomic E-state index is 0.102. The second-order valence-electron chi connectivity index (χ2n) is 6.02. The van der Waals surface area contributed by atoms with Crippen molar-refractivity contribution in [2.45, 2.75) is 25.3 Å². The van der Waals surface area contributed by atoms with E-state index in [1.165, 1.54) is 15.3 Å². The fourth-order valence-corrected chi connectivity index (χ4v) is 4.34. The highest BCUT2D eigenvalue weighted by Gasteiger charge is 2.29. The first-order valence-corrected chi connectivity index (χ1v) is 9.85. The van der Waals surface area contributed by atoms with E-state index in [1.54, 1.807) is 37.4 Å². The van der Waals surface area contributed by atoms with E-state index in [-0.39, 0.29) is 6.04 Å². The maximum atomic E-state index is 12.7. The van der Waals surface area contributed by atoms with Gasteiger partial charge in [0.05, 0.1) is 0 Å². The number of halogens is 1. The van der Waals surface area contributed by atoms with Crippen LogP contribution in [0.4, 0.5) is 0 Å². The molecule has 0 aromatic heterocycles. The number of hydrogen-bond donors (Lipinski definition) is 0. The summed E-state index contributed by atoms with van der Waals surface area (Å²) in [6, 6.07) is 15.1. The Morgan fingerprint density at radius 3 is 2.58 bits per heavy atom. The number of nitrogens with zero attached hydrogens (tertiary/aromatic N) is 1. The van der Waals surface area contributed by atoms with Crippen LogP contribution in [0.3, 0.4) is 0 Å². The molecule has 1 unspecified atom stereocenters. The number of benzene rings is 2. The fourth-order valence-electron chi connectivity index (χ4n) is 3.12. The van der Waals surface area contributed by atoms with Crippen LogP contribution in [-0.2, 0) is 16.4 Å². The van der Waals surface area contributed by atoms with Gasteiger partial charge in [-0.15, -0.1) is 0 Å². The first kappa shape index (κ1) is 17.2. The number of rotatable bonds is 4. The van der Waals surface area contributed by atoms with Gasteiger partial charge in [0.15, 0.2) is 0 Å². The van der Waals surface area contributed by atoms with Crippen LogP contribution < -0.4 is 0 Å². The highest BCUT2D eigenvalue weighted by Crippen LogP contribution is 2.35. The summed E-state index contributed by atoms with van der Waals surface area (Å²) in [5.41, 5.74) is 3.17. The quantitative estimate of drug-likeness (QED) is 0.794. The van der Waals surface area contributed by atoms with Gasteiger partial charge in [-0.3, -0.25) is 0 Å². The highest BCUT2D eigenvalue weighted by molar-refractivity contribution is 7.92. The van der Waals surface area contributed by atoms with Crippen molar-refractivity contribution < 1.29 is 8.42 Å². The van der Waals surface area contributed by atoms with Crippen LogP contribution in [0.25, 0.3) is 6.08 Å². The number of fused-ring (bicyclic) bond motifs is 1. The molecular weight excluding hydrogens is 342 g/mol. The highest BCUT2D eigenvalue weighted by atomic mass is 35.5. The third kappa shape index (κ3) is 3.72. The third-order valence-corrected chi connectivity index (χ3v) is 6.27. The zero-order valence-corrected chi connectivity index (χ0v) is 15.1. The monoisotopic (exact) mass is 361 g/mol. The largest absolute Gasteiger partial charge is 0.236 e. The van der Waals surface area contributed by atoms with E-state index in [2.05, 4.69) is 6.07 Å². The predicted octanol–water partition coefficient (Wildman–Crippen LogP) is 4.65. The number of sulfonamides is 1. The van der Waals surface area contributed by atoms with Crippen LogP contribution in [0.2, 0.25) is 5.02 Å². The molecule has 0 saturated heterocycles. The van der Waals surface area contributed by atoms with Crippen molar-refractivity contribution in [3.63, 3.8) is 0 Å². The standard InChI is InChI=1S/C19H20ClNO2S/c1-21(19-8-4-6-16-5-2-3-7-18(16)19)24(22,23)14-13-15-9-11-17(20)12-10-15/h2-3,5,7,9-14,19H,4,6,8H2,1H3/b14-13+. The average Bonchev–Trinajstić information content (AvgIpc) is 2.60. The first-order chi connectivity index (χ1) is 11.5. The number of aryl methyl sites for hydroxylation is 1. The molecule has 0 bridgehead atoms. The van der Waals surface area contributed by atoms with Gasteiger partial charge >= 0.3 is 0 Å². The van der Waals surface area contributed by atoms with Gasteiger partial charge in [0.1, 0.15) is 0 Å². The lowest BCUT2D eigenvalue weighted by atomic mass is 9.88. The Balaban J connectivity index is 1.84. The van der Waals surface area contributed by atoms with Crippen molar-refractivity contribution in [2.24, 2.45) is 0 Å². The molecule has 0 heterocycles. The van der Waals surface area contributed by atoms with Gasteiger partial charge in [-0.2, -0.15) is 4.31 Å². The molecule has 1 aliphatic rings. The molecule has 0 spiro atoms. The molecule has 3 nitrogen and oxygen atoms in total. The normalized spacial score (nSPS) is 18.0. The molecule has 0 saturated carbocycles. The summed E-state index contributed by atoms with van der Waals surface area (Å²) < 4.78 is 26.9. The van der Waals surface area contributed by atoms with Crippen LogP contribution in [0, 0.1) is 0 Å². The molecule has 126 valence electrons. The Hall–Kier alpha value is -1.62. The molecule has 1 aliphatic carbocycles. The summed E-state index contributed by atoms with van der Waals surface area (Å²) in [5, 5.41) is 1.90. The van der Waals surface area contributed by atoms with Crippen LogP contribution in [0.1, 0.15) is 35.6 Å². The van der Waals surface area contributed by atoms with Gasteiger partial charge in [0, 0.05) is 23.5 Å². The molecule has 2 aromatic carbocycles. The topological polar surface area (TPSA) is 37.4 Å². The van der Waals surface area contributed by atoms with E-state index in [4.69, 9.17) is 11.6 Å². The summed E-state index contributed by atoms with van der Waals surface area (Å²) >= 11 is 5.85. The van der Waals surface area contributed by atoms with Gasteiger partial charge in [-0.05, 0) is 54.2 Å². The fraction of sp³-hybridized carbons (Fsp3) is 0.263. The smallest absolute Gasteiger partial charge is 0.207 e. The third-order valence-electron chi connectivity index (χ3n) is 4.48. The van der Waals surface area contributed by atoms with Crippen molar-refractivity contribution >= 4 is 27.7 Å². The molecule has 3 rings (SSSR count). The molecule has 24 heavy (non-hydrogen) atoms. The Labute approximate surface area is 148 Å². The van der Waals surface area contributed by atoms with Gasteiger partial charge in [-0.1, -0.05) is 48.0 Å². The summed E-state index contributed by atoms with van der Waals surface area (Å²) in [6.45, 7) is 0. The van der Waals surface area contributed by atoms with Crippen LogP contribution >= 0.6 is 11.6 Å². The minimum atomic E-state index is -3.49. The van der Waals surface area contributed by atoms with Gasteiger partial charge in [0.2, 0.25) is 10.0 Å². The Bertz CT molecular complexity index is 844. The Morgan fingerprint density at radius 1 is 1.12 bits per heavy atom. The summed E-state index contributed by atoms with van der Waals surface area (Å²) in [6.07, 6.45) is 4.47. The zero-order valence-electron chi connectivity index (χ0n) is 13.5.